The van der Waals surface area contributed by atoms with E-state index in [0.29, 0.717) is 0 Å². The van der Waals surface area contributed by atoms with Gasteiger partial charge in [-0.05, 0) is 0 Å². The van der Waals surface area contributed by atoms with Crippen LogP contribution in [0.15, 0.2) is 0 Å². The Bertz CT molecular complexity index is 94.9. The number of hydrogen-bond donors (Lipinski definition) is 2. The summed E-state index contributed by atoms with van der Waals surface area (Å²) in [7, 11) is 0. The van der Waals surface area contributed by atoms with Crippen molar-refractivity contribution in [3.8, 4) is 0 Å². The van der Waals surface area contributed by atoms with Crippen LogP contribution >= 0.6 is 0 Å². The van der Waals surface area contributed by atoms with E-state index >= 15 is 0 Å². The molecular weight excluding hydrogens is 321 g/mol. The van der Waals surface area contributed by atoms with Crippen molar-refractivity contribution < 1.29 is 82.1 Å². The van der Waals surface area contributed by atoms with Crippen molar-refractivity contribution in [3.63, 3.8) is 0 Å². The van der Waals surface area contributed by atoms with Crippen LogP contribution < -0.4 is 0 Å². The van der Waals surface area contributed by atoms with Gasteiger partial charge in [-0.15, -0.1) is 0 Å². The van der Waals surface area contributed by atoms with E-state index in [4.69, 9.17) is 16.0 Å². The second-order valence-corrected chi connectivity index (χ2v) is 1.71. The number of hydrogen-bond acceptors (Lipinski definition) is 2. The Balaban J connectivity index is -0.0000000800. The van der Waals surface area contributed by atoms with E-state index in [0.717, 1.165) is 0 Å². The second-order valence-electron chi connectivity index (χ2n) is 0.415. The van der Waals surface area contributed by atoms with Gasteiger partial charge in [0.1, 0.15) is 0 Å². The molecule has 0 fully saturated rings. The normalized spacial score (nSPS) is 8.29. The predicted octanol–water partition coefficient (Wildman–Crippen LogP) is -1.36. The van der Waals surface area contributed by atoms with Gasteiger partial charge < -0.3 is 0 Å². The molecule has 7 heavy (non-hydrogen) atoms. The quantitative estimate of drug-likeness (QED) is 0.540. The molecule has 0 aliphatic rings. The molecule has 4 nitrogen and oxygen atoms in total. The zero-order valence-corrected chi connectivity index (χ0v) is 8.72. The van der Waals surface area contributed by atoms with Gasteiger partial charge in [0.15, 0.2) is 0 Å². The van der Waals surface area contributed by atoms with Crippen LogP contribution in [-0.2, 0) is 38.1 Å². The fraction of sp³-hybridized carbons (Fsp3) is 0. The van der Waals surface area contributed by atoms with Crippen LogP contribution in [0.1, 0.15) is 0 Å². The summed E-state index contributed by atoms with van der Waals surface area (Å²) in [5.41, 5.74) is 0. The van der Waals surface area contributed by atoms with Crippen molar-refractivity contribution in [1.29, 1.82) is 0 Å². The summed E-state index contributed by atoms with van der Waals surface area (Å²) in [6, 6.07) is 0. The monoisotopic (exact) mass is 323 g/mol. The van der Waals surface area contributed by atoms with E-state index in [-0.39, 0.29) is 52.7 Å². The molecule has 0 aliphatic carbocycles. The van der Waals surface area contributed by atoms with Gasteiger partial charge >= 0.3 is 29.4 Å². The molecule has 47 valence electrons. The summed E-state index contributed by atoms with van der Waals surface area (Å²) in [5, 5.41) is 0. The third kappa shape index (κ3) is 83.5. The molecule has 2 radical (unpaired) electrons. The van der Waals surface area contributed by atoms with Gasteiger partial charge in [-0.3, -0.25) is 0 Å². The summed E-state index contributed by atoms with van der Waals surface area (Å²) < 4.78 is 31.8. The SMILES string of the molecule is [Cu].[La].[O]=[Mn](=[O])([OH])[OH]. The molecule has 0 aromatic heterocycles. The van der Waals surface area contributed by atoms with Gasteiger partial charge in [-0.25, -0.2) is 0 Å². The van der Waals surface area contributed by atoms with Crippen molar-refractivity contribution in [3.05, 3.63) is 0 Å². The van der Waals surface area contributed by atoms with Crippen molar-refractivity contribution in [2.24, 2.45) is 0 Å². The molecule has 0 amide bonds. The van der Waals surface area contributed by atoms with Gasteiger partial charge in [-0.2, -0.15) is 0 Å². The second kappa shape index (κ2) is 5.88. The van der Waals surface area contributed by atoms with Crippen LogP contribution in [0.2, 0.25) is 0 Å². The Hall–Kier alpha value is 1.75. The van der Waals surface area contributed by atoms with Crippen LogP contribution in [0.3, 0.4) is 0 Å². The summed E-state index contributed by atoms with van der Waals surface area (Å²) in [6.07, 6.45) is 0. The Labute approximate surface area is 81.0 Å². The minimum absolute atomic E-state index is 0. The predicted molar refractivity (Wildman–Crippen MR) is 5.81 cm³/mol. The first-order chi connectivity index (χ1) is 2.00. The van der Waals surface area contributed by atoms with Gasteiger partial charge in [0.05, 0.1) is 0 Å². The van der Waals surface area contributed by atoms with Crippen molar-refractivity contribution in [2.75, 3.05) is 0 Å². The van der Waals surface area contributed by atoms with Crippen molar-refractivity contribution in [1.82, 2.24) is 0 Å². The summed E-state index contributed by atoms with van der Waals surface area (Å²) in [5.74, 6) is 0. The summed E-state index contributed by atoms with van der Waals surface area (Å²) in [6.45, 7) is 0. The average molecular weight is 323 g/mol. The van der Waals surface area contributed by atoms with Crippen LogP contribution in [0.5, 0.6) is 0 Å². The zero-order valence-electron chi connectivity index (χ0n) is 2.97. The van der Waals surface area contributed by atoms with Gasteiger partial charge in [-0.1, -0.05) is 0 Å². The first kappa shape index (κ1) is 15.9. The van der Waals surface area contributed by atoms with E-state index in [1.165, 1.54) is 0 Å². The molecule has 0 aromatic rings. The van der Waals surface area contributed by atoms with Crippen LogP contribution in [-0.4, -0.2) is 8.38 Å². The standard InChI is InChI=1S/Cu.La.Mn.2H2O.2O/h;;;2*1H2;;/q;;+2;;;;/p-2. The minimum atomic E-state index is -5.12. The molecular formula is H2CuLaMnO4. The van der Waals surface area contributed by atoms with Crippen LogP contribution in [0.4, 0.5) is 0 Å². The molecule has 0 bridgehead atoms. The van der Waals surface area contributed by atoms with E-state index in [2.05, 4.69) is 0 Å². The molecule has 7 heteroatoms. The molecule has 0 heterocycles. The molecule has 0 aromatic carbocycles. The Kier molecular flexibility index (Phi) is 13.4. The first-order valence-electron chi connectivity index (χ1n) is 0.647. The van der Waals surface area contributed by atoms with Crippen molar-refractivity contribution >= 4 is 0 Å². The van der Waals surface area contributed by atoms with Crippen LogP contribution in [0, 0.1) is 35.6 Å². The number of rotatable bonds is 0. The Morgan fingerprint density at radius 2 is 1.14 bits per heavy atom. The maximum atomic E-state index is 8.80. The molecule has 0 saturated carbocycles. The topological polar surface area (TPSA) is 74.6 Å². The van der Waals surface area contributed by atoms with Gasteiger partial charge in [0.25, 0.3) is 0 Å². The van der Waals surface area contributed by atoms with E-state index < -0.39 is 13.4 Å². The Morgan fingerprint density at radius 3 is 1.14 bits per heavy atom. The molecule has 0 atom stereocenters. The van der Waals surface area contributed by atoms with Crippen molar-refractivity contribution in [2.45, 2.75) is 0 Å². The van der Waals surface area contributed by atoms with E-state index in [1.54, 1.807) is 0 Å². The average Bonchev–Trinajstić information content (AvgIpc) is 0.722. The molecule has 0 spiro atoms. The first-order valence-corrected chi connectivity index (χ1v) is 2.67. The molecule has 0 saturated heterocycles. The fourth-order valence-electron chi connectivity index (χ4n) is 0. The zero-order chi connectivity index (χ0) is 4.50. The fourth-order valence-corrected chi connectivity index (χ4v) is 0. The third-order valence-electron chi connectivity index (χ3n) is 0. The molecule has 2 N–H and O–H groups in total. The van der Waals surface area contributed by atoms with Gasteiger partial charge in [0, 0.05) is 52.7 Å². The summed E-state index contributed by atoms with van der Waals surface area (Å²) >= 11 is -5.12. The molecule has 0 rings (SSSR count). The third-order valence-corrected chi connectivity index (χ3v) is 0. The van der Waals surface area contributed by atoms with E-state index in [9.17, 15) is 0 Å². The molecule has 0 aliphatic heterocycles. The Morgan fingerprint density at radius 1 is 1.14 bits per heavy atom. The van der Waals surface area contributed by atoms with Gasteiger partial charge in [0.2, 0.25) is 0 Å². The van der Waals surface area contributed by atoms with Crippen LogP contribution in [0.25, 0.3) is 0 Å². The summed E-state index contributed by atoms with van der Waals surface area (Å²) in [4.78, 5) is 0. The van der Waals surface area contributed by atoms with E-state index in [1.807, 2.05) is 0 Å². The maximum absolute atomic E-state index is 8.80. The molecule has 0 unspecified atom stereocenters.